The molecule has 1 aliphatic heterocycles. The van der Waals surface area contributed by atoms with Crippen LogP contribution in [0.15, 0.2) is 0 Å². The summed E-state index contributed by atoms with van der Waals surface area (Å²) in [6.07, 6.45) is 3.10. The van der Waals surface area contributed by atoms with Crippen LogP contribution in [0.4, 0.5) is 0 Å². The quantitative estimate of drug-likeness (QED) is 0.684. The minimum absolute atomic E-state index is 0.497. The summed E-state index contributed by atoms with van der Waals surface area (Å²) in [6.45, 7) is 3.28. The molecule has 1 unspecified atom stereocenters. The normalized spacial score (nSPS) is 27.3. The molecule has 4 nitrogen and oxygen atoms in total. The van der Waals surface area contributed by atoms with Gasteiger partial charge in [0.15, 0.2) is 0 Å². The molecule has 1 rings (SSSR count). The lowest BCUT2D eigenvalue weighted by atomic mass is 9.97. The van der Waals surface area contributed by atoms with Crippen LogP contribution in [0.1, 0.15) is 26.2 Å². The summed E-state index contributed by atoms with van der Waals surface area (Å²) in [7, 11) is -3.44. The van der Waals surface area contributed by atoms with Crippen molar-refractivity contribution in [1.29, 1.82) is 0 Å². The van der Waals surface area contributed by atoms with E-state index in [9.17, 15) is 8.42 Å². The molecule has 0 aromatic carbocycles. The third kappa shape index (κ3) is 2.43. The number of rotatable bonds is 2. The van der Waals surface area contributed by atoms with Gasteiger partial charge in [0.2, 0.25) is 0 Å². The number of hydrogen-bond donors (Lipinski definition) is 1. The lowest BCUT2D eigenvalue weighted by molar-refractivity contribution is 0.261. The smallest absolute Gasteiger partial charge is 0.216 e. The molecule has 1 aliphatic rings. The van der Waals surface area contributed by atoms with Crippen LogP contribution in [0.25, 0.3) is 0 Å². The molecule has 0 spiro atoms. The highest BCUT2D eigenvalue weighted by atomic mass is 32.2. The van der Waals surface area contributed by atoms with Crippen molar-refractivity contribution >= 4 is 10.2 Å². The molecule has 0 aromatic rings. The Balaban J connectivity index is 2.58. The van der Waals surface area contributed by atoms with Gasteiger partial charge in [0.1, 0.15) is 0 Å². The Labute approximate surface area is 73.9 Å². The molecule has 1 fully saturated rings. The molecule has 12 heavy (non-hydrogen) atoms. The van der Waals surface area contributed by atoms with Gasteiger partial charge in [-0.25, -0.2) is 5.14 Å². The van der Waals surface area contributed by atoms with Crippen LogP contribution in [-0.4, -0.2) is 25.8 Å². The molecule has 0 bridgehead atoms. The van der Waals surface area contributed by atoms with E-state index in [1.54, 1.807) is 0 Å². The summed E-state index contributed by atoms with van der Waals surface area (Å²) < 4.78 is 23.3. The molecule has 1 heterocycles. The van der Waals surface area contributed by atoms with Gasteiger partial charge in [-0.15, -0.1) is 0 Å². The predicted octanol–water partition coefficient (Wildman–Crippen LogP) is 0.312. The zero-order valence-electron chi connectivity index (χ0n) is 7.36. The molecule has 72 valence electrons. The van der Waals surface area contributed by atoms with E-state index in [1.165, 1.54) is 4.31 Å². The lowest BCUT2D eigenvalue weighted by Gasteiger charge is -2.29. The molecule has 0 amide bonds. The molecule has 0 saturated carbocycles. The average Bonchev–Trinajstić information content (AvgIpc) is 2.03. The summed E-state index contributed by atoms with van der Waals surface area (Å²) >= 11 is 0. The first-order valence-corrected chi connectivity index (χ1v) is 5.82. The van der Waals surface area contributed by atoms with Crippen molar-refractivity contribution < 1.29 is 8.42 Å². The highest BCUT2D eigenvalue weighted by Gasteiger charge is 2.24. The van der Waals surface area contributed by atoms with Crippen LogP contribution in [0.3, 0.4) is 0 Å². The summed E-state index contributed by atoms with van der Waals surface area (Å²) in [4.78, 5) is 0. The Bertz CT molecular complexity index is 238. The van der Waals surface area contributed by atoms with Gasteiger partial charge < -0.3 is 0 Å². The van der Waals surface area contributed by atoms with E-state index in [1.807, 2.05) is 0 Å². The maximum Gasteiger partial charge on any atom is 0.276 e. The molecule has 2 N–H and O–H groups in total. The molecule has 1 atom stereocenters. The number of nitrogens with zero attached hydrogens (tertiary/aromatic N) is 1. The lowest BCUT2D eigenvalue weighted by Crippen LogP contribution is -2.43. The number of nitrogens with two attached hydrogens (primary N) is 1. The van der Waals surface area contributed by atoms with E-state index in [0.717, 1.165) is 19.3 Å². The molecular formula is C7H16N2O2S. The zero-order valence-corrected chi connectivity index (χ0v) is 8.18. The van der Waals surface area contributed by atoms with Crippen molar-refractivity contribution in [2.45, 2.75) is 26.2 Å². The topological polar surface area (TPSA) is 63.4 Å². The Hall–Kier alpha value is -0.130. The van der Waals surface area contributed by atoms with E-state index in [4.69, 9.17) is 5.14 Å². The van der Waals surface area contributed by atoms with Gasteiger partial charge in [0.25, 0.3) is 10.2 Å². The van der Waals surface area contributed by atoms with Crippen molar-refractivity contribution in [1.82, 2.24) is 4.31 Å². The Morgan fingerprint density at radius 2 is 2.25 bits per heavy atom. The molecule has 0 aliphatic carbocycles. The predicted molar refractivity (Wildman–Crippen MR) is 47.7 cm³/mol. The fourth-order valence-electron chi connectivity index (χ4n) is 1.59. The zero-order chi connectivity index (χ0) is 9.19. The third-order valence-electron chi connectivity index (χ3n) is 2.42. The van der Waals surface area contributed by atoms with Crippen molar-refractivity contribution in [3.63, 3.8) is 0 Å². The maximum atomic E-state index is 11.0. The number of piperidine rings is 1. The summed E-state index contributed by atoms with van der Waals surface area (Å²) in [6, 6.07) is 0. The first kappa shape index (κ1) is 9.95. The Kier molecular flexibility index (Phi) is 3.09. The molecule has 0 radical (unpaired) electrons. The van der Waals surface area contributed by atoms with Gasteiger partial charge in [-0.2, -0.15) is 12.7 Å². The third-order valence-corrected chi connectivity index (χ3v) is 3.47. The minimum Gasteiger partial charge on any atom is -0.216 e. The largest absolute Gasteiger partial charge is 0.276 e. The second-order valence-electron chi connectivity index (χ2n) is 3.32. The van der Waals surface area contributed by atoms with Crippen molar-refractivity contribution in [3.8, 4) is 0 Å². The van der Waals surface area contributed by atoms with Crippen molar-refractivity contribution in [2.75, 3.05) is 13.1 Å². The standard InChI is InChI=1S/C7H16N2O2S/c1-2-7-4-3-5-9(6-7)12(8,10)11/h7H,2-6H2,1H3,(H2,8,10,11). The maximum absolute atomic E-state index is 11.0. The summed E-state index contributed by atoms with van der Waals surface area (Å²) in [5, 5.41) is 5.03. The Morgan fingerprint density at radius 3 is 2.75 bits per heavy atom. The molecular weight excluding hydrogens is 176 g/mol. The van der Waals surface area contributed by atoms with E-state index >= 15 is 0 Å². The van der Waals surface area contributed by atoms with Gasteiger partial charge in [-0.3, -0.25) is 0 Å². The second kappa shape index (κ2) is 3.72. The van der Waals surface area contributed by atoms with E-state index in [0.29, 0.717) is 19.0 Å². The van der Waals surface area contributed by atoms with E-state index in [2.05, 4.69) is 6.92 Å². The molecule has 5 heteroatoms. The van der Waals surface area contributed by atoms with Crippen LogP contribution in [-0.2, 0) is 10.2 Å². The average molecular weight is 192 g/mol. The SMILES string of the molecule is CCC1CCCN(S(N)(=O)=O)C1. The van der Waals surface area contributed by atoms with Crippen molar-refractivity contribution in [2.24, 2.45) is 11.1 Å². The summed E-state index contributed by atoms with van der Waals surface area (Å²) in [5.41, 5.74) is 0. The monoisotopic (exact) mass is 192 g/mol. The Morgan fingerprint density at radius 1 is 1.58 bits per heavy atom. The highest BCUT2D eigenvalue weighted by molar-refractivity contribution is 7.86. The van der Waals surface area contributed by atoms with Crippen LogP contribution in [0, 0.1) is 5.92 Å². The van der Waals surface area contributed by atoms with Crippen LogP contribution >= 0.6 is 0 Å². The fourth-order valence-corrected chi connectivity index (χ4v) is 2.39. The summed E-state index contributed by atoms with van der Waals surface area (Å²) in [5.74, 6) is 0.497. The molecule has 1 saturated heterocycles. The first-order chi connectivity index (χ1) is 5.54. The van der Waals surface area contributed by atoms with Crippen molar-refractivity contribution in [3.05, 3.63) is 0 Å². The van der Waals surface area contributed by atoms with Gasteiger partial charge in [0, 0.05) is 13.1 Å². The van der Waals surface area contributed by atoms with E-state index in [-0.39, 0.29) is 0 Å². The highest BCUT2D eigenvalue weighted by Crippen LogP contribution is 2.19. The second-order valence-corrected chi connectivity index (χ2v) is 4.87. The van der Waals surface area contributed by atoms with Crippen LogP contribution < -0.4 is 5.14 Å². The van der Waals surface area contributed by atoms with Gasteiger partial charge in [-0.05, 0) is 18.8 Å². The minimum atomic E-state index is -3.44. The fraction of sp³-hybridized carbons (Fsp3) is 1.00. The van der Waals surface area contributed by atoms with Gasteiger partial charge in [0.05, 0.1) is 0 Å². The first-order valence-electron chi connectivity index (χ1n) is 4.32. The van der Waals surface area contributed by atoms with Crippen LogP contribution in [0.2, 0.25) is 0 Å². The van der Waals surface area contributed by atoms with E-state index < -0.39 is 10.2 Å². The number of hydrogen-bond acceptors (Lipinski definition) is 2. The van der Waals surface area contributed by atoms with Gasteiger partial charge >= 0.3 is 0 Å². The van der Waals surface area contributed by atoms with Crippen LogP contribution in [0.5, 0.6) is 0 Å². The van der Waals surface area contributed by atoms with Gasteiger partial charge in [-0.1, -0.05) is 13.3 Å². The molecule has 0 aromatic heterocycles.